The number of ether oxygens (including phenoxy) is 6. The molecule has 0 unspecified atom stereocenters. The van der Waals surface area contributed by atoms with Gasteiger partial charge in [-0.05, 0) is 183 Å². The lowest BCUT2D eigenvalue weighted by Crippen LogP contribution is -2.45. The van der Waals surface area contributed by atoms with Crippen LogP contribution >= 0.6 is 50.2 Å². The number of aromatic nitrogens is 4. The Hall–Kier alpha value is -7.17. The van der Waals surface area contributed by atoms with Crippen molar-refractivity contribution in [3.8, 4) is 45.5 Å². The van der Waals surface area contributed by atoms with Crippen LogP contribution in [0.3, 0.4) is 0 Å². The Morgan fingerprint density at radius 1 is 0.574 bits per heavy atom. The molecular formula is C66H98Cl2F2N8O14S2. The van der Waals surface area contributed by atoms with Crippen molar-refractivity contribution < 1.29 is 76.6 Å². The van der Waals surface area contributed by atoms with Gasteiger partial charge in [0.15, 0.2) is 0 Å². The Kier molecular flexibility index (Phi) is 39.4. The van der Waals surface area contributed by atoms with Gasteiger partial charge in [-0.3, -0.25) is 9.69 Å². The summed E-state index contributed by atoms with van der Waals surface area (Å²) in [6.45, 7) is 26.9. The fourth-order valence-electron chi connectivity index (χ4n) is 7.75. The van der Waals surface area contributed by atoms with Crippen LogP contribution in [0.5, 0.6) is 23.0 Å². The molecule has 4 aromatic carbocycles. The van der Waals surface area contributed by atoms with Gasteiger partial charge in [0.05, 0.1) is 54.9 Å². The number of benzene rings is 4. The Balaban J connectivity index is 0. The summed E-state index contributed by atoms with van der Waals surface area (Å²) >= 11 is 12.2. The first-order valence-electron chi connectivity index (χ1n) is 29.5. The SMILES string of the molecule is CC.CC.CC(C)(C)OC(=O)OC(=O)OC(C)(C)C.C[C@@H](C(=O)O)N(Cc1c(F)cc(Cl)cc1Oc1ccc(-c2cnc(CN(C)C)n2C)cc1)C(=O)OC(C)(C)C.C[C@H](CCc1c(F)cc(Cl)cc1Oc1ccc(-c2cnc(CN(C)C)n2C)cc1)C(=O)O.NO.S.S. The number of nitrogens with two attached hydrogens (primary N) is 1. The van der Waals surface area contributed by atoms with Gasteiger partial charge < -0.3 is 62.8 Å². The maximum atomic E-state index is 15.2. The summed E-state index contributed by atoms with van der Waals surface area (Å²) < 4.78 is 64.9. The molecule has 1 amide bonds. The van der Waals surface area contributed by atoms with Gasteiger partial charge in [-0.25, -0.2) is 43.8 Å². The molecule has 6 aromatic rings. The third kappa shape index (κ3) is 30.9. The van der Waals surface area contributed by atoms with Crippen molar-refractivity contribution in [2.75, 3.05) is 28.2 Å². The number of rotatable bonds is 18. The normalized spacial score (nSPS) is 11.4. The summed E-state index contributed by atoms with van der Waals surface area (Å²) in [5.74, 6) is 2.60. The molecule has 6 rings (SSSR count). The van der Waals surface area contributed by atoms with Crippen molar-refractivity contribution in [3.05, 3.63) is 130 Å². The molecule has 28 heteroatoms. The quantitative estimate of drug-likeness (QED) is 0.0269. The smallest absolute Gasteiger partial charge is 0.481 e. The van der Waals surface area contributed by atoms with Gasteiger partial charge in [-0.15, -0.1) is 0 Å². The number of hydrogen-bond donors (Lipinski definition) is 4. The van der Waals surface area contributed by atoms with Gasteiger partial charge in [0.25, 0.3) is 0 Å². The van der Waals surface area contributed by atoms with Crippen LogP contribution in [0.1, 0.15) is 133 Å². The average Bonchev–Trinajstić information content (AvgIpc) is 1.20. The number of aliphatic carboxylic acids is 2. The lowest BCUT2D eigenvalue weighted by molar-refractivity contribution is -0.143. The number of carboxylic acids is 2. The summed E-state index contributed by atoms with van der Waals surface area (Å²) in [4.78, 5) is 71.7. The number of hydrogen-bond acceptors (Lipinski definition) is 17. The molecule has 5 N–H and O–H groups in total. The van der Waals surface area contributed by atoms with Crippen molar-refractivity contribution in [1.82, 2.24) is 33.8 Å². The average molecular weight is 1400 g/mol. The maximum Gasteiger partial charge on any atom is 0.519 e. The van der Waals surface area contributed by atoms with Gasteiger partial charge >= 0.3 is 30.3 Å². The second-order valence-electron chi connectivity index (χ2n) is 23.6. The molecule has 0 radical (unpaired) electrons. The number of carboxylic acid groups (broad SMARTS) is 2. The highest BCUT2D eigenvalue weighted by Crippen LogP contribution is 2.36. The van der Waals surface area contributed by atoms with Gasteiger partial charge in [0.1, 0.15) is 69.1 Å². The summed E-state index contributed by atoms with van der Waals surface area (Å²) in [6.07, 6.45) is 1.14. The summed E-state index contributed by atoms with van der Waals surface area (Å²) in [6, 6.07) is 18.6. The van der Waals surface area contributed by atoms with E-state index in [0.29, 0.717) is 30.0 Å². The van der Waals surface area contributed by atoms with Crippen LogP contribution in [0.4, 0.5) is 23.2 Å². The minimum atomic E-state index is -1.29. The molecule has 0 aliphatic carbocycles. The first-order valence-corrected chi connectivity index (χ1v) is 30.2. The van der Waals surface area contributed by atoms with E-state index < -0.39 is 77.3 Å². The van der Waals surface area contributed by atoms with E-state index in [1.807, 2.05) is 114 Å². The van der Waals surface area contributed by atoms with Crippen molar-refractivity contribution in [2.24, 2.45) is 25.9 Å². The molecule has 0 saturated heterocycles. The zero-order valence-electron chi connectivity index (χ0n) is 57.8. The molecule has 0 fully saturated rings. The number of carbonyl (C=O) groups excluding carboxylic acids is 3. The van der Waals surface area contributed by atoms with E-state index in [-0.39, 0.29) is 60.5 Å². The van der Waals surface area contributed by atoms with Crippen molar-refractivity contribution >= 4 is 80.5 Å². The molecular weight excluding hydrogens is 1300 g/mol. The molecule has 94 heavy (non-hydrogen) atoms. The summed E-state index contributed by atoms with van der Waals surface area (Å²) in [5.41, 5.74) is 1.78. The van der Waals surface area contributed by atoms with Gasteiger partial charge in [0.2, 0.25) is 0 Å². The topological polar surface area (TPSA) is 273 Å². The second-order valence-corrected chi connectivity index (χ2v) is 24.5. The molecule has 526 valence electrons. The number of amides is 1. The largest absolute Gasteiger partial charge is 0.519 e. The minimum absolute atomic E-state index is 0. The molecule has 0 bridgehead atoms. The molecule has 0 aliphatic heterocycles. The number of carbonyl (C=O) groups is 5. The van der Waals surface area contributed by atoms with E-state index in [9.17, 15) is 33.5 Å². The molecule has 22 nitrogen and oxygen atoms in total. The predicted molar refractivity (Wildman–Crippen MR) is 372 cm³/mol. The predicted octanol–water partition coefficient (Wildman–Crippen LogP) is 15.8. The van der Waals surface area contributed by atoms with Crippen LogP contribution < -0.4 is 15.4 Å². The molecule has 0 spiro atoms. The highest BCUT2D eigenvalue weighted by atomic mass is 35.5. The van der Waals surface area contributed by atoms with Gasteiger partial charge in [0, 0.05) is 40.8 Å². The first kappa shape index (κ1) is 88.9. The van der Waals surface area contributed by atoms with Crippen molar-refractivity contribution in [3.63, 3.8) is 0 Å². The summed E-state index contributed by atoms with van der Waals surface area (Å²) in [5, 5.41) is 25.5. The molecule has 2 heterocycles. The van der Waals surface area contributed by atoms with Crippen LogP contribution in [0.2, 0.25) is 10.0 Å². The Morgan fingerprint density at radius 3 is 1.26 bits per heavy atom. The molecule has 0 aliphatic rings. The Labute approximate surface area is 576 Å². The zero-order chi connectivity index (χ0) is 70.8. The van der Waals surface area contributed by atoms with E-state index >= 15 is 4.39 Å². The Bertz CT molecular complexity index is 3290. The third-order valence-corrected chi connectivity index (χ3v) is 12.5. The van der Waals surface area contributed by atoms with E-state index in [2.05, 4.69) is 25.5 Å². The van der Waals surface area contributed by atoms with E-state index in [0.717, 1.165) is 51.7 Å². The highest BCUT2D eigenvalue weighted by Gasteiger charge is 2.32. The van der Waals surface area contributed by atoms with E-state index in [4.69, 9.17) is 57.2 Å². The maximum absolute atomic E-state index is 15.2. The lowest BCUT2D eigenvalue weighted by atomic mass is 10.00. The van der Waals surface area contributed by atoms with Gasteiger partial charge in [-0.1, -0.05) is 57.8 Å². The van der Waals surface area contributed by atoms with E-state index in [1.54, 1.807) is 106 Å². The minimum Gasteiger partial charge on any atom is -0.481 e. The zero-order valence-corrected chi connectivity index (χ0v) is 61.3. The molecule has 2 aromatic heterocycles. The molecule has 2 atom stereocenters. The summed E-state index contributed by atoms with van der Waals surface area (Å²) in [7, 11) is 11.9. The number of halogens is 4. The van der Waals surface area contributed by atoms with Gasteiger partial charge in [-0.2, -0.15) is 27.0 Å². The van der Waals surface area contributed by atoms with Crippen LogP contribution in [0.25, 0.3) is 22.5 Å². The first-order chi connectivity index (χ1) is 42.8. The fraction of sp³-hybridized carbons (Fsp3) is 0.470. The number of nitrogens with zero attached hydrogens (tertiary/aromatic N) is 7. The molecule has 0 saturated carbocycles. The number of imidazole rings is 2. The third-order valence-electron chi connectivity index (χ3n) is 12.1. The standard InChI is InChI=1S/C28H34ClFN4O5.C24H27ClFN3O3.C10H18O5.2C2H6.H3NO.2H2S/c1-17(26(35)36)34(27(37)39-28(2,3)4)15-21-22(30)12-19(29)13-24(21)38-20-10-8-18(9-11-20)23-14-31-25(33(23)7)16-32(5)6;1-15(24(30)31)5-10-19-20(26)11-17(25)12-22(19)32-18-8-6-16(7-9-18)21-13-27-23(29(21)4)14-28(2)3;1-9(2,3)14-7(11)13-8(12)15-10(4,5)6;3*1-2;;/h8-14,17H,15-16H2,1-7H3,(H,35,36);6-9,11-13,15H,5,10,14H2,1-4H3,(H,30,31);1-6H3;2*1-2H3;2H,1H2;2*1H2/t17-;15-;;;;;;/m01....../s1. The lowest BCUT2D eigenvalue weighted by Gasteiger charge is -2.30. The van der Waals surface area contributed by atoms with Crippen LogP contribution in [0.15, 0.2) is 85.2 Å². The van der Waals surface area contributed by atoms with Crippen molar-refractivity contribution in [2.45, 2.75) is 159 Å². The fourth-order valence-corrected chi connectivity index (χ4v) is 8.14. The van der Waals surface area contributed by atoms with E-state index in [1.165, 1.54) is 19.1 Å². The monoisotopic (exact) mass is 1400 g/mol. The van der Waals surface area contributed by atoms with Crippen LogP contribution in [-0.2, 0) is 68.7 Å². The van der Waals surface area contributed by atoms with Crippen LogP contribution in [-0.4, -0.2) is 131 Å². The highest BCUT2D eigenvalue weighted by molar-refractivity contribution is 7.59. The second kappa shape index (κ2) is 41.6. The van der Waals surface area contributed by atoms with Crippen LogP contribution in [0, 0.1) is 17.6 Å². The Morgan fingerprint density at radius 2 is 0.926 bits per heavy atom. The van der Waals surface area contributed by atoms with Crippen molar-refractivity contribution in [1.29, 1.82) is 0 Å².